The molecule has 398 valence electrons. The van der Waals surface area contributed by atoms with Gasteiger partial charge in [0.15, 0.2) is 8.32 Å². The van der Waals surface area contributed by atoms with E-state index < -0.39 is 31.9 Å². The molecule has 7 rings (SSSR count). The third-order valence-electron chi connectivity index (χ3n) is 13.4. The van der Waals surface area contributed by atoms with E-state index in [1.54, 1.807) is 49.4 Å². The Bertz CT molecular complexity index is 3230. The zero-order valence-electron chi connectivity index (χ0n) is 44.3. The SMILES string of the molecule is CCn1nc(C)cc1C(=O)Nc1nc2cc(C(N)=O)cc(OC)c2n1C/C=C/Cn1c(NC(=O)c2cc(C)nn2CC)nc2cc(C(N)=O)cc(OCC#CC3CCN(C(=O)OCCO[Si](C)(C)C(C)(C)C)CC3)c21. The number of likely N-dealkylation sites (tertiary alicyclic amines) is 1. The Balaban J connectivity index is 1.15. The van der Waals surface area contributed by atoms with Gasteiger partial charge in [-0.1, -0.05) is 44.8 Å². The van der Waals surface area contributed by atoms with Crippen molar-refractivity contribution >= 4 is 72.0 Å². The largest absolute Gasteiger partial charge is 0.494 e. The Kier molecular flexibility index (Phi) is 16.8. The number of fused-ring (bicyclic) bond motifs is 2. The normalized spacial score (nSPS) is 13.3. The number of piperidine rings is 1. The van der Waals surface area contributed by atoms with Crippen molar-refractivity contribution in [1.82, 2.24) is 43.6 Å². The smallest absolute Gasteiger partial charge is 0.409 e. The lowest BCUT2D eigenvalue weighted by Crippen LogP contribution is -2.42. The third-order valence-corrected chi connectivity index (χ3v) is 17.9. The highest BCUT2D eigenvalue weighted by molar-refractivity contribution is 6.74. The summed E-state index contributed by atoms with van der Waals surface area (Å²) < 4.78 is 30.4. The van der Waals surface area contributed by atoms with Crippen LogP contribution in [-0.4, -0.2) is 122 Å². The number of hydrogen-bond donors (Lipinski definition) is 4. The second-order valence-electron chi connectivity index (χ2n) is 19.7. The summed E-state index contributed by atoms with van der Waals surface area (Å²) >= 11 is 0. The molecule has 75 heavy (non-hydrogen) atoms. The van der Waals surface area contributed by atoms with E-state index in [9.17, 15) is 24.0 Å². The molecule has 0 aliphatic carbocycles. The van der Waals surface area contributed by atoms with Crippen molar-refractivity contribution in [2.45, 2.75) is 106 Å². The highest BCUT2D eigenvalue weighted by atomic mass is 28.4. The van der Waals surface area contributed by atoms with Crippen LogP contribution >= 0.6 is 0 Å². The van der Waals surface area contributed by atoms with E-state index in [1.165, 1.54) is 31.4 Å². The number of carbonyl (C=O) groups is 5. The van der Waals surface area contributed by atoms with Crippen LogP contribution in [0, 0.1) is 31.6 Å². The van der Waals surface area contributed by atoms with Crippen LogP contribution in [0.5, 0.6) is 11.5 Å². The predicted molar refractivity (Wildman–Crippen MR) is 285 cm³/mol. The number of amides is 5. The molecule has 0 unspecified atom stereocenters. The third kappa shape index (κ3) is 12.5. The molecule has 1 fully saturated rings. The number of aromatic nitrogens is 8. The van der Waals surface area contributed by atoms with Crippen molar-refractivity contribution in [3.63, 3.8) is 0 Å². The van der Waals surface area contributed by atoms with Crippen molar-refractivity contribution in [3.8, 4) is 23.3 Å². The lowest BCUT2D eigenvalue weighted by Gasteiger charge is -2.36. The molecule has 6 N–H and O–H groups in total. The van der Waals surface area contributed by atoms with E-state index >= 15 is 0 Å². The molecule has 5 heterocycles. The van der Waals surface area contributed by atoms with Crippen LogP contribution < -0.4 is 31.6 Å². The van der Waals surface area contributed by atoms with E-state index in [-0.39, 0.29) is 72.1 Å². The lowest BCUT2D eigenvalue weighted by atomic mass is 9.98. The number of primary amides is 2. The van der Waals surface area contributed by atoms with Gasteiger partial charge in [-0.3, -0.25) is 39.2 Å². The fraction of sp³-hybridized carbons (Fsp3) is 0.442. The molecule has 1 aliphatic heterocycles. The first-order chi connectivity index (χ1) is 35.6. The van der Waals surface area contributed by atoms with Crippen molar-refractivity contribution in [3.05, 3.63) is 82.5 Å². The zero-order chi connectivity index (χ0) is 54.4. The van der Waals surface area contributed by atoms with Gasteiger partial charge in [0.25, 0.3) is 11.8 Å². The highest BCUT2D eigenvalue weighted by Crippen LogP contribution is 2.37. The van der Waals surface area contributed by atoms with Crippen molar-refractivity contribution in [1.29, 1.82) is 0 Å². The predicted octanol–water partition coefficient (Wildman–Crippen LogP) is 6.66. The number of nitrogens with two attached hydrogens (primary N) is 2. The van der Waals surface area contributed by atoms with E-state index in [1.807, 2.05) is 26.0 Å². The maximum Gasteiger partial charge on any atom is 0.409 e. The molecular formula is C52H67N13O9Si. The number of aryl methyl sites for hydroxylation is 4. The van der Waals surface area contributed by atoms with Crippen molar-refractivity contribution in [2.24, 2.45) is 17.4 Å². The molecule has 6 aromatic rings. The van der Waals surface area contributed by atoms with Crippen LogP contribution in [0.25, 0.3) is 22.1 Å². The molecule has 22 nitrogen and oxygen atoms in total. The standard InChI is InChI=1S/C52H67N13O9Si/c1-11-64-39(26-32(3)59-64)47(68)57-49-55-37-28-35(45(53)66)30-41(71-8)43(37)62(49)19-13-14-20-63-44-38(56-50(63)58-48(69)40-27-33(4)60-65(40)12-2)29-36(46(54)67)31-42(44)72-23-15-16-34-17-21-61(22-18-34)51(70)73-24-25-74-75(9,10)52(5,6)7/h13-14,26-31,34H,11-12,17-25H2,1-10H3,(H2,53,66)(H2,54,67)(H,55,57,68)(H,56,58,69)/b14-13+. The maximum absolute atomic E-state index is 14.0. The number of allylic oxidation sites excluding steroid dienone is 2. The van der Waals surface area contributed by atoms with Gasteiger partial charge in [-0.25, -0.2) is 14.8 Å². The Morgan fingerprint density at radius 2 is 1.25 bits per heavy atom. The fourth-order valence-corrected chi connectivity index (χ4v) is 9.45. The number of benzene rings is 2. The van der Waals surface area contributed by atoms with Gasteiger partial charge in [0, 0.05) is 56.3 Å². The average molecular weight is 1050 g/mol. The molecule has 0 atom stereocenters. The molecule has 0 spiro atoms. The van der Waals surface area contributed by atoms with Crippen LogP contribution in [-0.2, 0) is 35.3 Å². The van der Waals surface area contributed by atoms with Gasteiger partial charge < -0.3 is 44.1 Å². The molecule has 5 amide bonds. The molecule has 1 aliphatic rings. The molecular weight excluding hydrogens is 979 g/mol. The van der Waals surface area contributed by atoms with Gasteiger partial charge in [0.05, 0.1) is 36.1 Å². The molecule has 4 aromatic heterocycles. The number of nitrogens with zero attached hydrogens (tertiary/aromatic N) is 9. The Morgan fingerprint density at radius 3 is 1.72 bits per heavy atom. The number of hydrogen-bond acceptors (Lipinski definition) is 13. The van der Waals surface area contributed by atoms with Crippen molar-refractivity contribution < 1.29 is 42.6 Å². The quantitative estimate of drug-likeness (QED) is 0.0287. The summed E-state index contributed by atoms with van der Waals surface area (Å²) in [6.07, 6.45) is 4.58. The van der Waals surface area contributed by atoms with Crippen LogP contribution in [0.2, 0.25) is 18.1 Å². The average Bonchev–Trinajstić information content (AvgIpc) is 4.14. The van der Waals surface area contributed by atoms with Crippen LogP contribution in [0.3, 0.4) is 0 Å². The minimum absolute atomic E-state index is 0.00452. The summed E-state index contributed by atoms with van der Waals surface area (Å²) in [5.74, 6) is 4.92. The number of carbonyl (C=O) groups excluding carboxylic acids is 5. The Morgan fingerprint density at radius 1 is 0.760 bits per heavy atom. The van der Waals surface area contributed by atoms with Crippen LogP contribution in [0.4, 0.5) is 16.7 Å². The molecule has 0 bridgehead atoms. The number of nitrogens with one attached hydrogen (secondary N) is 2. The number of rotatable bonds is 19. The zero-order valence-corrected chi connectivity index (χ0v) is 45.3. The molecule has 1 saturated heterocycles. The molecule has 0 saturated carbocycles. The van der Waals surface area contributed by atoms with Gasteiger partial charge in [0.1, 0.15) is 47.1 Å². The summed E-state index contributed by atoms with van der Waals surface area (Å²) in [5.41, 5.74) is 15.3. The van der Waals surface area contributed by atoms with E-state index in [2.05, 4.69) is 66.5 Å². The summed E-state index contributed by atoms with van der Waals surface area (Å²) in [4.78, 5) is 76.8. The summed E-state index contributed by atoms with van der Waals surface area (Å²) in [5, 5.41) is 14.8. The highest BCUT2D eigenvalue weighted by Gasteiger charge is 2.37. The van der Waals surface area contributed by atoms with E-state index in [0.717, 1.165) is 0 Å². The summed E-state index contributed by atoms with van der Waals surface area (Å²) in [6, 6.07) is 9.43. The first kappa shape index (κ1) is 54.8. The summed E-state index contributed by atoms with van der Waals surface area (Å²) in [7, 11) is -0.500. The van der Waals surface area contributed by atoms with Gasteiger partial charge in [-0.05, 0) is 95.1 Å². The Hall–Kier alpha value is -7.97. The lowest BCUT2D eigenvalue weighted by molar-refractivity contribution is 0.0773. The number of anilines is 2. The monoisotopic (exact) mass is 1050 g/mol. The van der Waals surface area contributed by atoms with Crippen LogP contribution in [0.1, 0.15) is 101 Å². The van der Waals surface area contributed by atoms with Crippen molar-refractivity contribution in [2.75, 3.05) is 50.7 Å². The first-order valence-corrected chi connectivity index (χ1v) is 27.8. The number of methoxy groups -OCH3 is 1. The van der Waals surface area contributed by atoms with Crippen LogP contribution in [0.15, 0.2) is 48.6 Å². The molecule has 2 aromatic carbocycles. The van der Waals surface area contributed by atoms with Gasteiger partial charge in [0.2, 0.25) is 23.7 Å². The second kappa shape index (κ2) is 23.1. The topological polar surface area (TPSA) is 273 Å². The van der Waals surface area contributed by atoms with Gasteiger partial charge in [-0.15, -0.1) is 0 Å². The van der Waals surface area contributed by atoms with E-state index in [4.69, 9.17) is 40.1 Å². The number of imidazole rings is 2. The van der Waals surface area contributed by atoms with E-state index in [0.29, 0.717) is 96.2 Å². The minimum atomic E-state index is -1.95. The summed E-state index contributed by atoms with van der Waals surface area (Å²) in [6.45, 7) is 20.8. The van der Waals surface area contributed by atoms with Gasteiger partial charge >= 0.3 is 6.09 Å². The molecule has 23 heteroatoms. The molecule has 0 radical (unpaired) electrons. The Labute approximate surface area is 436 Å². The second-order valence-corrected chi connectivity index (χ2v) is 24.5. The van der Waals surface area contributed by atoms with Gasteiger partial charge in [-0.2, -0.15) is 10.2 Å². The first-order valence-electron chi connectivity index (χ1n) is 24.9. The minimum Gasteiger partial charge on any atom is -0.494 e. The maximum atomic E-state index is 14.0. The fourth-order valence-electron chi connectivity index (χ4n) is 8.43. The number of ether oxygens (including phenoxy) is 3.